The van der Waals surface area contributed by atoms with Gasteiger partial charge in [0.05, 0.1) is 30.7 Å². The molecule has 1 saturated heterocycles. The third kappa shape index (κ3) is 5.16. The van der Waals surface area contributed by atoms with Crippen LogP contribution in [0.25, 0.3) is 5.69 Å². The Hall–Kier alpha value is -2.77. The summed E-state index contributed by atoms with van der Waals surface area (Å²) in [4.78, 5) is 19.4. The highest BCUT2D eigenvalue weighted by molar-refractivity contribution is 7.99. The molecule has 4 rings (SSSR count). The number of aryl methyl sites for hydroxylation is 1. The van der Waals surface area contributed by atoms with E-state index in [-0.39, 0.29) is 11.9 Å². The molecule has 1 amide bonds. The van der Waals surface area contributed by atoms with Crippen molar-refractivity contribution in [3.63, 3.8) is 0 Å². The lowest BCUT2D eigenvalue weighted by molar-refractivity contribution is -0.119. The van der Waals surface area contributed by atoms with E-state index in [0.717, 1.165) is 42.7 Å². The SMILES string of the molecule is Cc1cccc(-n2ccnc2SCC(=O)NC(C)c2ccc(N3CCOCC3)cc2)c1C. The summed E-state index contributed by atoms with van der Waals surface area (Å²) < 4.78 is 7.47. The molecule has 0 aliphatic carbocycles. The first kappa shape index (κ1) is 22.4. The topological polar surface area (TPSA) is 59.4 Å². The third-order valence-electron chi connectivity index (χ3n) is 5.92. The minimum atomic E-state index is -0.0550. The number of hydrogen-bond donors (Lipinski definition) is 1. The Morgan fingerprint density at radius 3 is 2.66 bits per heavy atom. The lowest BCUT2D eigenvalue weighted by Crippen LogP contribution is -2.36. The molecular formula is C25H30N4O2S. The number of nitrogens with zero attached hydrogens (tertiary/aromatic N) is 3. The van der Waals surface area contributed by atoms with Crippen molar-refractivity contribution in [1.29, 1.82) is 0 Å². The summed E-state index contributed by atoms with van der Waals surface area (Å²) in [6, 6.07) is 14.6. The maximum atomic E-state index is 12.6. The van der Waals surface area contributed by atoms with Crippen molar-refractivity contribution in [2.45, 2.75) is 32.0 Å². The predicted octanol–water partition coefficient (Wildman–Crippen LogP) is 4.30. The van der Waals surface area contributed by atoms with Gasteiger partial charge in [0, 0.05) is 31.2 Å². The second kappa shape index (κ2) is 10.2. The quantitative estimate of drug-likeness (QED) is 0.544. The highest BCUT2D eigenvalue weighted by Gasteiger charge is 2.15. The highest BCUT2D eigenvalue weighted by atomic mass is 32.2. The summed E-state index contributed by atoms with van der Waals surface area (Å²) in [6.07, 6.45) is 3.72. The van der Waals surface area contributed by atoms with Gasteiger partial charge in [-0.1, -0.05) is 36.0 Å². The van der Waals surface area contributed by atoms with E-state index in [1.54, 1.807) is 6.20 Å². The molecule has 1 unspecified atom stereocenters. The van der Waals surface area contributed by atoms with Gasteiger partial charge in [-0.2, -0.15) is 0 Å². The highest BCUT2D eigenvalue weighted by Crippen LogP contribution is 2.25. The van der Waals surface area contributed by atoms with Gasteiger partial charge < -0.3 is 15.0 Å². The maximum absolute atomic E-state index is 12.6. The van der Waals surface area contributed by atoms with Crippen molar-refractivity contribution in [3.05, 3.63) is 71.5 Å². The first-order valence-corrected chi connectivity index (χ1v) is 12.0. The number of anilines is 1. The zero-order chi connectivity index (χ0) is 22.5. The van der Waals surface area contributed by atoms with Gasteiger partial charge in [-0.3, -0.25) is 9.36 Å². The zero-order valence-corrected chi connectivity index (χ0v) is 19.7. The third-order valence-corrected chi connectivity index (χ3v) is 6.89. The van der Waals surface area contributed by atoms with Crippen LogP contribution < -0.4 is 10.2 Å². The van der Waals surface area contributed by atoms with E-state index in [0.29, 0.717) is 5.75 Å². The second-order valence-electron chi connectivity index (χ2n) is 8.07. The lowest BCUT2D eigenvalue weighted by atomic mass is 10.1. The fraction of sp³-hybridized carbons (Fsp3) is 0.360. The molecule has 3 aromatic rings. The summed E-state index contributed by atoms with van der Waals surface area (Å²) in [5.41, 5.74) is 5.84. The maximum Gasteiger partial charge on any atom is 0.230 e. The first-order valence-electron chi connectivity index (χ1n) is 11.0. The van der Waals surface area contributed by atoms with Gasteiger partial charge in [0.2, 0.25) is 5.91 Å². The normalized spacial score (nSPS) is 14.9. The molecule has 0 bridgehead atoms. The molecule has 168 valence electrons. The van der Waals surface area contributed by atoms with Crippen LogP contribution in [0.1, 0.15) is 29.7 Å². The number of nitrogens with one attached hydrogen (secondary N) is 1. The molecule has 0 saturated carbocycles. The number of amides is 1. The van der Waals surface area contributed by atoms with Gasteiger partial charge in [-0.15, -0.1) is 0 Å². The van der Waals surface area contributed by atoms with Crippen LogP contribution in [-0.2, 0) is 9.53 Å². The summed E-state index contributed by atoms with van der Waals surface area (Å²) in [5, 5.41) is 3.92. The molecule has 0 radical (unpaired) electrons. The number of ether oxygens (including phenoxy) is 1. The molecule has 6 nitrogen and oxygen atoms in total. The number of aromatic nitrogens is 2. The van der Waals surface area contributed by atoms with Crippen LogP contribution in [0.3, 0.4) is 0 Å². The summed E-state index contributed by atoms with van der Waals surface area (Å²) in [7, 11) is 0. The van der Waals surface area contributed by atoms with Crippen molar-refractivity contribution in [1.82, 2.24) is 14.9 Å². The molecule has 2 heterocycles. The van der Waals surface area contributed by atoms with E-state index in [4.69, 9.17) is 4.74 Å². The van der Waals surface area contributed by atoms with E-state index in [2.05, 4.69) is 65.4 Å². The molecule has 7 heteroatoms. The molecule has 1 atom stereocenters. The standard InChI is InChI=1S/C25H30N4O2S/c1-18-5-4-6-23(19(18)2)29-12-11-26-25(29)32-17-24(30)27-20(3)21-7-9-22(10-8-21)28-13-15-31-16-14-28/h4-12,20H,13-17H2,1-3H3,(H,27,30). The van der Waals surface area contributed by atoms with Crippen LogP contribution >= 0.6 is 11.8 Å². The Kier molecular flexibility index (Phi) is 7.17. The fourth-order valence-corrected chi connectivity index (χ4v) is 4.65. The molecule has 2 aromatic carbocycles. The molecule has 1 fully saturated rings. The van der Waals surface area contributed by atoms with Crippen molar-refractivity contribution < 1.29 is 9.53 Å². The molecular weight excluding hydrogens is 420 g/mol. The molecule has 1 aliphatic rings. The Morgan fingerprint density at radius 1 is 1.16 bits per heavy atom. The van der Waals surface area contributed by atoms with Crippen LogP contribution in [0.2, 0.25) is 0 Å². The van der Waals surface area contributed by atoms with Crippen molar-refractivity contribution in [2.75, 3.05) is 37.0 Å². The number of hydrogen-bond acceptors (Lipinski definition) is 5. The van der Waals surface area contributed by atoms with E-state index in [9.17, 15) is 4.79 Å². The Labute approximate surface area is 194 Å². The minimum Gasteiger partial charge on any atom is -0.378 e. The van der Waals surface area contributed by atoms with Crippen LogP contribution in [0.5, 0.6) is 0 Å². The molecule has 1 aliphatic heterocycles. The number of imidazole rings is 1. The van der Waals surface area contributed by atoms with Gasteiger partial charge >= 0.3 is 0 Å². The largest absolute Gasteiger partial charge is 0.378 e. The lowest BCUT2D eigenvalue weighted by Gasteiger charge is -2.29. The van der Waals surface area contributed by atoms with Crippen molar-refractivity contribution in [3.8, 4) is 5.69 Å². The average molecular weight is 451 g/mol. The Bertz CT molecular complexity index is 1060. The van der Waals surface area contributed by atoms with E-state index in [1.165, 1.54) is 28.6 Å². The van der Waals surface area contributed by atoms with Gasteiger partial charge in [-0.05, 0) is 55.7 Å². The summed E-state index contributed by atoms with van der Waals surface area (Å²) in [6.45, 7) is 9.61. The van der Waals surface area contributed by atoms with E-state index < -0.39 is 0 Å². The second-order valence-corrected chi connectivity index (χ2v) is 9.01. The number of carbonyl (C=O) groups excluding carboxylic acids is 1. The van der Waals surface area contributed by atoms with Crippen LogP contribution in [0.15, 0.2) is 60.0 Å². The van der Waals surface area contributed by atoms with E-state index in [1.807, 2.05) is 23.8 Å². The first-order chi connectivity index (χ1) is 15.5. The van der Waals surface area contributed by atoms with Gasteiger partial charge in [0.15, 0.2) is 5.16 Å². The minimum absolute atomic E-state index is 0.00438. The monoisotopic (exact) mass is 450 g/mol. The van der Waals surface area contributed by atoms with Gasteiger partial charge in [0.25, 0.3) is 0 Å². The molecule has 1 N–H and O–H groups in total. The number of morpholine rings is 1. The summed E-state index contributed by atoms with van der Waals surface area (Å²) >= 11 is 1.45. The van der Waals surface area contributed by atoms with Crippen LogP contribution in [-0.4, -0.2) is 47.5 Å². The van der Waals surface area contributed by atoms with Gasteiger partial charge in [0.1, 0.15) is 0 Å². The smallest absolute Gasteiger partial charge is 0.230 e. The number of carbonyl (C=O) groups is 1. The average Bonchev–Trinajstić information content (AvgIpc) is 3.28. The van der Waals surface area contributed by atoms with Crippen molar-refractivity contribution in [2.24, 2.45) is 0 Å². The fourth-order valence-electron chi connectivity index (χ4n) is 3.87. The number of benzene rings is 2. The molecule has 1 aromatic heterocycles. The Balaban J connectivity index is 1.34. The number of thioether (sulfide) groups is 1. The summed E-state index contributed by atoms with van der Waals surface area (Å²) in [5.74, 6) is 0.313. The Morgan fingerprint density at radius 2 is 1.91 bits per heavy atom. The predicted molar refractivity (Wildman–Crippen MR) is 130 cm³/mol. The molecule has 0 spiro atoms. The van der Waals surface area contributed by atoms with Crippen LogP contribution in [0.4, 0.5) is 5.69 Å². The van der Waals surface area contributed by atoms with Crippen molar-refractivity contribution >= 4 is 23.4 Å². The molecule has 32 heavy (non-hydrogen) atoms. The zero-order valence-electron chi connectivity index (χ0n) is 18.9. The van der Waals surface area contributed by atoms with Gasteiger partial charge in [-0.25, -0.2) is 4.98 Å². The van der Waals surface area contributed by atoms with Crippen LogP contribution in [0, 0.1) is 13.8 Å². The van der Waals surface area contributed by atoms with E-state index >= 15 is 0 Å². The number of rotatable bonds is 7.